The van der Waals surface area contributed by atoms with Crippen LogP contribution in [-0.2, 0) is 6.18 Å². The van der Waals surface area contributed by atoms with E-state index in [1.165, 1.54) is 6.07 Å². The highest BCUT2D eigenvalue weighted by Crippen LogP contribution is 2.36. The lowest BCUT2D eigenvalue weighted by atomic mass is 10.1. The predicted molar refractivity (Wildman–Crippen MR) is 53.0 cm³/mol. The number of anilines is 1. The van der Waals surface area contributed by atoms with Crippen LogP contribution in [0.25, 0.3) is 11.3 Å². The maximum Gasteiger partial charge on any atom is 0.416 e. The predicted octanol–water partition coefficient (Wildman–Crippen LogP) is 2.65. The summed E-state index contributed by atoms with van der Waals surface area (Å²) in [5, 5.41) is 13.0. The van der Waals surface area contributed by atoms with Crippen LogP contribution in [0.5, 0.6) is 5.75 Å². The molecule has 4 nitrogen and oxygen atoms in total. The summed E-state index contributed by atoms with van der Waals surface area (Å²) in [7, 11) is 0. The Morgan fingerprint density at radius 3 is 2.41 bits per heavy atom. The summed E-state index contributed by atoms with van der Waals surface area (Å²) in [5.74, 6) is -0.521. The summed E-state index contributed by atoms with van der Waals surface area (Å²) in [6.07, 6.45) is -4.50. The molecule has 0 saturated carbocycles. The number of rotatable bonds is 1. The van der Waals surface area contributed by atoms with Gasteiger partial charge in [-0.3, -0.25) is 0 Å². The van der Waals surface area contributed by atoms with Crippen LogP contribution >= 0.6 is 0 Å². The third-order valence-corrected chi connectivity index (χ3v) is 2.13. The fourth-order valence-corrected chi connectivity index (χ4v) is 1.34. The van der Waals surface area contributed by atoms with E-state index in [0.29, 0.717) is 6.07 Å². The van der Waals surface area contributed by atoms with Crippen molar-refractivity contribution in [2.45, 2.75) is 6.18 Å². The van der Waals surface area contributed by atoms with Gasteiger partial charge < -0.3 is 15.4 Å². The first-order valence-electron chi connectivity index (χ1n) is 4.50. The van der Waals surface area contributed by atoms with Crippen LogP contribution in [0.2, 0.25) is 0 Å². The average Bonchev–Trinajstić information content (AvgIpc) is 2.63. The van der Waals surface area contributed by atoms with Gasteiger partial charge in [-0.05, 0) is 18.2 Å². The molecule has 1 aromatic carbocycles. The lowest BCUT2D eigenvalue weighted by molar-refractivity contribution is -0.137. The Balaban J connectivity index is 2.45. The lowest BCUT2D eigenvalue weighted by Gasteiger charge is -2.08. The van der Waals surface area contributed by atoms with Crippen LogP contribution in [0.15, 0.2) is 28.8 Å². The minimum Gasteiger partial charge on any atom is -0.507 e. The first-order chi connectivity index (χ1) is 7.88. The smallest absolute Gasteiger partial charge is 0.416 e. The molecule has 90 valence electrons. The third kappa shape index (κ3) is 2.17. The van der Waals surface area contributed by atoms with E-state index >= 15 is 0 Å². The van der Waals surface area contributed by atoms with Gasteiger partial charge in [0.15, 0.2) is 0 Å². The van der Waals surface area contributed by atoms with Gasteiger partial charge in [0.25, 0.3) is 0 Å². The molecular weight excluding hydrogens is 237 g/mol. The Hall–Kier alpha value is -2.18. The lowest BCUT2D eigenvalue weighted by Crippen LogP contribution is -2.04. The molecule has 1 heterocycles. The molecule has 0 unspecified atom stereocenters. The van der Waals surface area contributed by atoms with Crippen molar-refractivity contribution in [1.29, 1.82) is 0 Å². The fraction of sp³-hybridized carbons (Fsp3) is 0.100. The molecule has 0 saturated heterocycles. The summed E-state index contributed by atoms with van der Waals surface area (Å²) < 4.78 is 41.6. The zero-order valence-electron chi connectivity index (χ0n) is 8.32. The molecule has 7 heteroatoms. The second-order valence-corrected chi connectivity index (χ2v) is 3.34. The van der Waals surface area contributed by atoms with Crippen molar-refractivity contribution >= 4 is 5.88 Å². The Bertz CT molecular complexity index is 549. The van der Waals surface area contributed by atoms with Crippen LogP contribution in [0.3, 0.4) is 0 Å². The Kier molecular flexibility index (Phi) is 2.45. The standard InChI is InChI=1S/C10H7F3N2O2/c11-10(12,13)5-1-2-6(8(16)3-5)7-4-9(14)17-15-7/h1-4,16H,14H2. The van der Waals surface area contributed by atoms with Gasteiger partial charge in [0.2, 0.25) is 5.88 Å². The van der Waals surface area contributed by atoms with Crippen molar-refractivity contribution < 1.29 is 22.8 Å². The topological polar surface area (TPSA) is 72.3 Å². The first-order valence-corrected chi connectivity index (χ1v) is 4.50. The molecule has 2 aromatic rings. The number of nitrogens with two attached hydrogens (primary N) is 1. The molecule has 0 amide bonds. The quantitative estimate of drug-likeness (QED) is 0.808. The van der Waals surface area contributed by atoms with E-state index < -0.39 is 17.5 Å². The van der Waals surface area contributed by atoms with Crippen LogP contribution in [-0.4, -0.2) is 10.3 Å². The van der Waals surface area contributed by atoms with Crippen LogP contribution in [0, 0.1) is 0 Å². The summed E-state index contributed by atoms with van der Waals surface area (Å²) in [6.45, 7) is 0. The van der Waals surface area contributed by atoms with Crippen molar-refractivity contribution in [3.63, 3.8) is 0 Å². The van der Waals surface area contributed by atoms with E-state index in [1.54, 1.807) is 0 Å². The second kappa shape index (κ2) is 3.69. The number of nitrogens with zero attached hydrogens (tertiary/aromatic N) is 1. The number of aromatic nitrogens is 1. The number of halogens is 3. The number of nitrogen functional groups attached to an aromatic ring is 1. The third-order valence-electron chi connectivity index (χ3n) is 2.13. The van der Waals surface area contributed by atoms with E-state index in [0.717, 1.165) is 12.1 Å². The molecule has 0 aliphatic rings. The largest absolute Gasteiger partial charge is 0.507 e. The van der Waals surface area contributed by atoms with Crippen LogP contribution in [0.1, 0.15) is 5.56 Å². The summed E-state index contributed by atoms with van der Waals surface area (Å²) in [5.41, 5.74) is 4.64. The monoisotopic (exact) mass is 244 g/mol. The number of phenolic OH excluding ortho intramolecular Hbond substituents is 1. The molecule has 0 radical (unpaired) electrons. The molecule has 0 bridgehead atoms. The number of phenols is 1. The normalized spacial score (nSPS) is 11.7. The Morgan fingerprint density at radius 2 is 1.94 bits per heavy atom. The average molecular weight is 244 g/mol. The molecule has 0 spiro atoms. The van der Waals surface area contributed by atoms with Gasteiger partial charge in [-0.1, -0.05) is 5.16 Å². The van der Waals surface area contributed by atoms with Crippen LogP contribution in [0.4, 0.5) is 19.1 Å². The maximum absolute atomic E-state index is 12.3. The van der Waals surface area contributed by atoms with Crippen molar-refractivity contribution in [1.82, 2.24) is 5.16 Å². The number of hydrogen-bond acceptors (Lipinski definition) is 4. The van der Waals surface area contributed by atoms with Crippen molar-refractivity contribution in [3.8, 4) is 17.0 Å². The molecule has 2 rings (SSSR count). The first kappa shape index (κ1) is 11.3. The van der Waals surface area contributed by atoms with E-state index in [-0.39, 0.29) is 17.1 Å². The summed E-state index contributed by atoms with van der Waals surface area (Å²) in [6, 6.07) is 3.89. The fourth-order valence-electron chi connectivity index (χ4n) is 1.34. The molecule has 0 aliphatic carbocycles. The van der Waals surface area contributed by atoms with E-state index in [2.05, 4.69) is 9.68 Å². The number of benzene rings is 1. The van der Waals surface area contributed by atoms with E-state index in [9.17, 15) is 18.3 Å². The summed E-state index contributed by atoms with van der Waals surface area (Å²) >= 11 is 0. The minimum absolute atomic E-state index is 0.0132. The van der Waals surface area contributed by atoms with Gasteiger partial charge in [-0.2, -0.15) is 13.2 Å². The molecular formula is C10H7F3N2O2. The van der Waals surface area contributed by atoms with E-state index in [4.69, 9.17) is 5.73 Å². The molecule has 3 N–H and O–H groups in total. The van der Waals surface area contributed by atoms with E-state index in [1.807, 2.05) is 0 Å². The van der Waals surface area contributed by atoms with Gasteiger partial charge in [0, 0.05) is 11.6 Å². The maximum atomic E-state index is 12.3. The summed E-state index contributed by atoms with van der Waals surface area (Å²) in [4.78, 5) is 0. The molecule has 0 fully saturated rings. The molecule has 0 atom stereocenters. The van der Waals surface area contributed by atoms with Gasteiger partial charge >= 0.3 is 6.18 Å². The highest BCUT2D eigenvalue weighted by molar-refractivity contribution is 5.68. The molecule has 17 heavy (non-hydrogen) atoms. The minimum atomic E-state index is -4.50. The molecule has 1 aromatic heterocycles. The van der Waals surface area contributed by atoms with Gasteiger partial charge in [0.05, 0.1) is 5.56 Å². The molecule has 0 aliphatic heterocycles. The number of alkyl halides is 3. The number of hydrogen-bond donors (Lipinski definition) is 2. The van der Waals surface area contributed by atoms with Crippen LogP contribution < -0.4 is 5.73 Å². The highest BCUT2D eigenvalue weighted by Gasteiger charge is 2.31. The van der Waals surface area contributed by atoms with Gasteiger partial charge in [-0.25, -0.2) is 0 Å². The number of aromatic hydroxyl groups is 1. The van der Waals surface area contributed by atoms with Crippen molar-refractivity contribution in [2.75, 3.05) is 5.73 Å². The Labute approximate surface area is 93.4 Å². The highest BCUT2D eigenvalue weighted by atomic mass is 19.4. The van der Waals surface area contributed by atoms with Gasteiger partial charge in [0.1, 0.15) is 11.4 Å². The van der Waals surface area contributed by atoms with Gasteiger partial charge in [-0.15, -0.1) is 0 Å². The SMILES string of the molecule is Nc1cc(-c2ccc(C(F)(F)F)cc2O)no1. The zero-order chi connectivity index (χ0) is 12.6. The second-order valence-electron chi connectivity index (χ2n) is 3.34. The Morgan fingerprint density at radius 1 is 1.24 bits per heavy atom. The van der Waals surface area contributed by atoms with Crippen molar-refractivity contribution in [3.05, 3.63) is 29.8 Å². The zero-order valence-corrected chi connectivity index (χ0v) is 8.32. The van der Waals surface area contributed by atoms with Crippen molar-refractivity contribution in [2.24, 2.45) is 0 Å².